The molecule has 0 bridgehead atoms. The number of primary amides is 1. The van der Waals surface area contributed by atoms with Crippen molar-refractivity contribution in [2.24, 2.45) is 23.3 Å². The number of carboxylic acid groups (broad SMARTS) is 1. The Morgan fingerprint density at radius 2 is 1.22 bits per heavy atom. The minimum absolute atomic E-state index is 0.0520. The van der Waals surface area contributed by atoms with Crippen molar-refractivity contribution in [3.63, 3.8) is 0 Å². The third-order valence-electron chi connectivity index (χ3n) is 11.5. The molecule has 0 radical (unpaired) electrons. The Kier molecular flexibility index (Phi) is 24.8. The van der Waals surface area contributed by atoms with Gasteiger partial charge in [-0.15, -0.1) is 0 Å². The van der Waals surface area contributed by atoms with Crippen LogP contribution in [0.3, 0.4) is 0 Å². The number of hydrogen-bond donors (Lipinski definition) is 13. The van der Waals surface area contributed by atoms with Gasteiger partial charge < -0.3 is 69.2 Å². The molecule has 23 nitrogen and oxygen atoms in total. The van der Waals surface area contributed by atoms with Gasteiger partial charge in [-0.2, -0.15) is 11.8 Å². The number of amides is 9. The first-order valence-corrected chi connectivity index (χ1v) is 25.3. The number of thioether (sulfide) groups is 1. The average Bonchev–Trinajstić information content (AvgIpc) is 3.75. The number of carbonyl (C=O) groups excluding carboxylic acids is 9. The minimum atomic E-state index is -1.60. The van der Waals surface area contributed by atoms with Gasteiger partial charge in [-0.1, -0.05) is 76.2 Å². The lowest BCUT2D eigenvalue weighted by Crippen LogP contribution is -2.60. The number of nitrogens with one attached hydrogen (secondary N) is 9. The molecule has 15 N–H and O–H groups in total. The van der Waals surface area contributed by atoms with Gasteiger partial charge in [-0.05, 0) is 67.2 Å². The van der Waals surface area contributed by atoms with E-state index >= 15 is 0 Å². The van der Waals surface area contributed by atoms with Gasteiger partial charge in [0.2, 0.25) is 53.2 Å². The van der Waals surface area contributed by atoms with E-state index < -0.39 is 127 Å². The van der Waals surface area contributed by atoms with Gasteiger partial charge >= 0.3 is 5.97 Å². The summed E-state index contributed by atoms with van der Waals surface area (Å²) in [5, 5.41) is 40.7. The molecular formula is C49H71N11O12S. The molecule has 3 aromatic rings. The summed E-state index contributed by atoms with van der Waals surface area (Å²) >= 11 is 1.39. The number of aliphatic carboxylic acids is 1. The Morgan fingerprint density at radius 1 is 0.644 bits per heavy atom. The number of rotatable bonds is 31. The standard InChI is InChI=1S/C49H71N11O12S/c1-26(2)20-35(57-43(65)32(50)16-17-39(51)62)45(67)59-37(22-30-23-52-33-15-11-10-14-31(30)33)44(66)54-28(5)42(64)60-41(27(3)4)48(70)53-24-40(63)55-38(25-61)47(69)58-36(21-29-12-8-7-9-13-29)46(68)56-34(49(71)72)18-19-73-6/h7-15,23,26-28,32,34-38,41,52,61H,16-22,24-25,50H2,1-6H3,(H2,51,62)(H,53,70)(H,54,66)(H,55,63)(H,56,68)(H,57,65)(H,58,69)(H,59,67)(H,60,64)(H,71,72). The number of carbonyl (C=O) groups is 10. The number of aliphatic hydroxyl groups excluding tert-OH is 1. The number of carboxylic acids is 1. The highest BCUT2D eigenvalue weighted by Crippen LogP contribution is 2.20. The van der Waals surface area contributed by atoms with Crippen LogP contribution in [0.1, 0.15) is 71.4 Å². The van der Waals surface area contributed by atoms with Gasteiger partial charge in [0.05, 0.1) is 19.2 Å². The Hall–Kier alpha value is -7.05. The first-order chi connectivity index (χ1) is 34.5. The van der Waals surface area contributed by atoms with Crippen molar-refractivity contribution in [2.75, 3.05) is 25.2 Å². The highest BCUT2D eigenvalue weighted by atomic mass is 32.2. The third kappa shape index (κ3) is 20.2. The fourth-order valence-electron chi connectivity index (χ4n) is 7.42. The Morgan fingerprint density at radius 3 is 1.82 bits per heavy atom. The summed E-state index contributed by atoms with van der Waals surface area (Å²) in [6.07, 6.45) is 3.43. The van der Waals surface area contributed by atoms with Gasteiger partial charge in [-0.3, -0.25) is 43.2 Å². The van der Waals surface area contributed by atoms with Crippen molar-refractivity contribution >= 4 is 81.8 Å². The average molecular weight is 1040 g/mol. The maximum absolute atomic E-state index is 14.1. The largest absolute Gasteiger partial charge is 0.480 e. The smallest absolute Gasteiger partial charge is 0.326 e. The highest BCUT2D eigenvalue weighted by molar-refractivity contribution is 7.98. The van der Waals surface area contributed by atoms with E-state index in [9.17, 15) is 58.2 Å². The number of nitrogens with two attached hydrogens (primary N) is 2. The second-order valence-corrected chi connectivity index (χ2v) is 19.3. The van der Waals surface area contributed by atoms with Gasteiger partial charge in [-0.25, -0.2) is 4.79 Å². The predicted octanol–water partition coefficient (Wildman–Crippen LogP) is -1.39. The minimum Gasteiger partial charge on any atom is -0.480 e. The molecule has 1 aromatic heterocycles. The number of aromatic amines is 1. The van der Waals surface area contributed by atoms with E-state index in [0.717, 1.165) is 10.9 Å². The monoisotopic (exact) mass is 1040 g/mol. The molecule has 3 rings (SSSR count). The molecule has 0 saturated heterocycles. The molecule has 24 heteroatoms. The summed E-state index contributed by atoms with van der Waals surface area (Å²) in [6, 6.07) is 5.57. The van der Waals surface area contributed by atoms with E-state index in [1.54, 1.807) is 62.7 Å². The van der Waals surface area contributed by atoms with Crippen LogP contribution in [0.2, 0.25) is 0 Å². The fourth-order valence-corrected chi connectivity index (χ4v) is 7.89. The van der Waals surface area contributed by atoms with E-state index in [-0.39, 0.29) is 44.4 Å². The Bertz CT molecular complexity index is 2380. The van der Waals surface area contributed by atoms with Crippen LogP contribution in [0.15, 0.2) is 60.8 Å². The molecule has 8 atom stereocenters. The zero-order valence-electron chi connectivity index (χ0n) is 42.0. The van der Waals surface area contributed by atoms with E-state index in [0.29, 0.717) is 16.9 Å². The lowest BCUT2D eigenvalue weighted by molar-refractivity contribution is -0.142. The molecule has 73 heavy (non-hydrogen) atoms. The zero-order valence-corrected chi connectivity index (χ0v) is 42.8. The highest BCUT2D eigenvalue weighted by Gasteiger charge is 2.34. The molecule has 1 heterocycles. The van der Waals surface area contributed by atoms with Gasteiger partial charge in [0.15, 0.2) is 0 Å². The zero-order chi connectivity index (χ0) is 54.4. The van der Waals surface area contributed by atoms with Gasteiger partial charge in [0, 0.05) is 36.4 Å². The summed E-state index contributed by atoms with van der Waals surface area (Å²) in [6.45, 7) is 6.62. The quantitative estimate of drug-likeness (QED) is 0.0353. The number of aliphatic hydroxyl groups is 1. The molecule has 400 valence electrons. The number of fused-ring (bicyclic) bond motifs is 1. The normalized spacial score (nSPS) is 14.5. The molecule has 2 aromatic carbocycles. The van der Waals surface area contributed by atoms with Crippen molar-refractivity contribution in [3.8, 4) is 0 Å². The van der Waals surface area contributed by atoms with E-state index in [1.807, 2.05) is 32.0 Å². The number of H-pyrrole nitrogens is 1. The molecule has 0 aliphatic carbocycles. The number of hydrogen-bond acceptors (Lipinski definition) is 13. The lowest BCUT2D eigenvalue weighted by Gasteiger charge is -2.27. The van der Waals surface area contributed by atoms with Crippen LogP contribution in [-0.4, -0.2) is 148 Å². The molecule has 0 fully saturated rings. The molecule has 9 amide bonds. The van der Waals surface area contributed by atoms with Gasteiger partial charge in [0.25, 0.3) is 0 Å². The molecule has 0 aliphatic heterocycles. The van der Waals surface area contributed by atoms with Crippen molar-refractivity contribution in [1.29, 1.82) is 0 Å². The van der Waals surface area contributed by atoms with Crippen LogP contribution < -0.4 is 54.0 Å². The van der Waals surface area contributed by atoms with E-state index in [1.165, 1.54) is 18.7 Å². The van der Waals surface area contributed by atoms with E-state index in [2.05, 4.69) is 47.5 Å². The van der Waals surface area contributed by atoms with Crippen molar-refractivity contribution in [3.05, 3.63) is 71.9 Å². The molecule has 0 aliphatic rings. The lowest BCUT2D eigenvalue weighted by atomic mass is 10.00. The van der Waals surface area contributed by atoms with Gasteiger partial charge in [0.1, 0.15) is 42.3 Å². The third-order valence-corrected chi connectivity index (χ3v) is 12.2. The summed E-state index contributed by atoms with van der Waals surface area (Å²) in [5.74, 6) is -8.64. The van der Waals surface area contributed by atoms with Crippen LogP contribution in [0, 0.1) is 11.8 Å². The van der Waals surface area contributed by atoms with Crippen molar-refractivity contribution in [1.82, 2.24) is 47.5 Å². The number of para-hydroxylation sites is 1. The summed E-state index contributed by atoms with van der Waals surface area (Å²) in [4.78, 5) is 134. The number of aromatic nitrogens is 1. The second kappa shape index (κ2) is 30.1. The van der Waals surface area contributed by atoms with Crippen LogP contribution in [-0.2, 0) is 60.8 Å². The first-order valence-electron chi connectivity index (χ1n) is 23.9. The van der Waals surface area contributed by atoms with Crippen LogP contribution in [0.4, 0.5) is 0 Å². The summed E-state index contributed by atoms with van der Waals surface area (Å²) < 4.78 is 0. The molecule has 0 saturated carbocycles. The predicted molar refractivity (Wildman–Crippen MR) is 273 cm³/mol. The van der Waals surface area contributed by atoms with E-state index in [4.69, 9.17) is 11.5 Å². The molecular weight excluding hydrogens is 967 g/mol. The summed E-state index contributed by atoms with van der Waals surface area (Å²) in [5.41, 5.74) is 13.2. The SMILES string of the molecule is CSCCC(NC(=O)C(Cc1ccccc1)NC(=O)C(CO)NC(=O)CNC(=O)C(NC(=O)C(C)NC(=O)C(Cc1c[nH]c2ccccc12)NC(=O)C(CC(C)C)NC(=O)C(N)CCC(N)=O)C(C)C)C(=O)O. The van der Waals surface area contributed by atoms with Crippen LogP contribution in [0.25, 0.3) is 10.9 Å². The maximum atomic E-state index is 14.1. The second-order valence-electron chi connectivity index (χ2n) is 18.3. The number of benzene rings is 2. The fraction of sp³-hybridized carbons (Fsp3) is 0.510. The van der Waals surface area contributed by atoms with Crippen molar-refractivity contribution in [2.45, 2.75) is 121 Å². The van der Waals surface area contributed by atoms with Crippen LogP contribution in [0.5, 0.6) is 0 Å². The van der Waals surface area contributed by atoms with Crippen LogP contribution >= 0.6 is 11.8 Å². The summed E-state index contributed by atoms with van der Waals surface area (Å²) in [7, 11) is 0. The maximum Gasteiger partial charge on any atom is 0.326 e. The Labute approximate surface area is 428 Å². The molecule has 8 unspecified atom stereocenters. The Balaban J connectivity index is 1.70. The molecule has 0 spiro atoms. The topological polar surface area (TPSA) is 375 Å². The first kappa shape index (κ1) is 60.3. The van der Waals surface area contributed by atoms with Crippen molar-refractivity contribution < 1.29 is 58.2 Å².